The number of rotatable bonds is 0. The number of fused-ring (bicyclic) bond motifs is 1. The summed E-state index contributed by atoms with van der Waals surface area (Å²) in [6, 6.07) is 0. The molecule has 2 aliphatic heterocycles. The summed E-state index contributed by atoms with van der Waals surface area (Å²) in [7, 11) is 4.17. The van der Waals surface area contributed by atoms with Crippen molar-refractivity contribution in [1.82, 2.24) is 9.80 Å². The summed E-state index contributed by atoms with van der Waals surface area (Å²) in [6.07, 6.45) is 0.696. The number of hydrogen-bond acceptors (Lipinski definition) is 3. The first kappa shape index (κ1) is 7.03. The van der Waals surface area contributed by atoms with E-state index in [1.165, 1.54) is 0 Å². The van der Waals surface area contributed by atoms with Gasteiger partial charge in [-0.2, -0.15) is 0 Å². The molecule has 4 heteroatoms. The van der Waals surface area contributed by atoms with E-state index in [0.717, 1.165) is 6.54 Å². The number of epoxide rings is 1. The molecule has 0 aromatic heterocycles. The molecule has 0 aromatic rings. The van der Waals surface area contributed by atoms with Crippen LogP contribution in [0.3, 0.4) is 0 Å². The fraction of sp³-hybridized carbons (Fsp3) is 1.00. The van der Waals surface area contributed by atoms with Gasteiger partial charge in [0.05, 0.1) is 4.95 Å². The lowest BCUT2D eigenvalue weighted by molar-refractivity contribution is 0.161. The highest BCUT2D eigenvalue weighted by atomic mass is 79.9. The van der Waals surface area contributed by atoms with Crippen molar-refractivity contribution < 1.29 is 4.74 Å². The van der Waals surface area contributed by atoms with E-state index in [1.54, 1.807) is 0 Å². The lowest BCUT2D eigenvalue weighted by Crippen LogP contribution is -2.46. The first-order chi connectivity index (χ1) is 4.70. The zero-order valence-electron chi connectivity index (χ0n) is 6.12. The van der Waals surface area contributed by atoms with E-state index in [2.05, 4.69) is 39.8 Å². The zero-order chi connectivity index (χ0) is 7.30. The zero-order valence-corrected chi connectivity index (χ0v) is 7.71. The molecule has 0 amide bonds. The molecule has 2 heterocycles. The van der Waals surface area contributed by atoms with Gasteiger partial charge in [-0.05, 0) is 14.1 Å². The van der Waals surface area contributed by atoms with Gasteiger partial charge in [0.2, 0.25) is 0 Å². The summed E-state index contributed by atoms with van der Waals surface area (Å²) in [5.41, 5.74) is 0. The van der Waals surface area contributed by atoms with Crippen LogP contribution in [0.25, 0.3) is 0 Å². The Morgan fingerprint density at radius 1 is 1.40 bits per heavy atom. The van der Waals surface area contributed by atoms with Crippen LogP contribution in [0.15, 0.2) is 0 Å². The molecule has 58 valence electrons. The van der Waals surface area contributed by atoms with Gasteiger partial charge in [-0.1, -0.05) is 15.9 Å². The van der Waals surface area contributed by atoms with E-state index in [-0.39, 0.29) is 0 Å². The number of alkyl halides is 1. The molecule has 0 radical (unpaired) electrons. The Kier molecular flexibility index (Phi) is 1.53. The summed E-state index contributed by atoms with van der Waals surface area (Å²) in [4.78, 5) is 4.88. The van der Waals surface area contributed by atoms with Crippen molar-refractivity contribution in [2.45, 2.75) is 17.4 Å². The van der Waals surface area contributed by atoms with Crippen molar-refractivity contribution in [1.29, 1.82) is 0 Å². The highest BCUT2D eigenvalue weighted by Crippen LogP contribution is 2.34. The maximum atomic E-state index is 5.39. The smallest absolute Gasteiger partial charge is 0.153 e. The third kappa shape index (κ3) is 0.906. The number of halogens is 1. The van der Waals surface area contributed by atoms with Gasteiger partial charge in [0.25, 0.3) is 0 Å². The minimum atomic E-state index is 0.336. The van der Waals surface area contributed by atoms with Gasteiger partial charge in [-0.25, -0.2) is 0 Å². The minimum absolute atomic E-state index is 0.336. The highest BCUT2D eigenvalue weighted by Gasteiger charge is 2.50. The van der Waals surface area contributed by atoms with Gasteiger partial charge < -0.3 is 4.74 Å². The van der Waals surface area contributed by atoms with Gasteiger partial charge >= 0.3 is 0 Å². The molecule has 2 unspecified atom stereocenters. The second-order valence-electron chi connectivity index (χ2n) is 2.96. The molecule has 0 spiro atoms. The van der Waals surface area contributed by atoms with Crippen molar-refractivity contribution in [3.63, 3.8) is 0 Å². The number of piperazine rings is 1. The Labute approximate surface area is 69.1 Å². The van der Waals surface area contributed by atoms with Crippen molar-refractivity contribution in [3.8, 4) is 0 Å². The van der Waals surface area contributed by atoms with E-state index in [1.807, 2.05) is 0 Å². The van der Waals surface area contributed by atoms with Crippen LogP contribution < -0.4 is 0 Å². The Morgan fingerprint density at radius 3 is 2.80 bits per heavy atom. The molecule has 2 saturated heterocycles. The first-order valence-electron chi connectivity index (χ1n) is 3.42. The molecule has 2 rings (SSSR count). The molecule has 3 atom stereocenters. The summed E-state index contributed by atoms with van der Waals surface area (Å²) in [5, 5.41) is 0. The van der Waals surface area contributed by atoms with Crippen molar-refractivity contribution in [2.24, 2.45) is 0 Å². The summed E-state index contributed by atoms with van der Waals surface area (Å²) in [6.45, 7) is 1.04. The van der Waals surface area contributed by atoms with Crippen LogP contribution in [0, 0.1) is 0 Å². The lowest BCUT2D eigenvalue weighted by Gasteiger charge is -2.30. The number of ether oxygens (including phenoxy) is 1. The Morgan fingerprint density at radius 2 is 2.10 bits per heavy atom. The van der Waals surface area contributed by atoms with Gasteiger partial charge in [0.15, 0.2) is 12.5 Å². The molecule has 3 nitrogen and oxygen atoms in total. The quantitative estimate of drug-likeness (QED) is 0.323. The van der Waals surface area contributed by atoms with Crippen LogP contribution in [0.2, 0.25) is 0 Å². The molecular formula is C6H11BrN2O. The SMILES string of the molecule is CN1C[C@@H](Br)N(C)C2OC21. The van der Waals surface area contributed by atoms with Crippen LogP contribution in [-0.2, 0) is 4.74 Å². The van der Waals surface area contributed by atoms with E-state index in [0.29, 0.717) is 17.4 Å². The van der Waals surface area contributed by atoms with Crippen LogP contribution in [0.1, 0.15) is 0 Å². The van der Waals surface area contributed by atoms with Gasteiger partial charge in [0, 0.05) is 6.54 Å². The molecule has 0 N–H and O–H groups in total. The van der Waals surface area contributed by atoms with Gasteiger partial charge in [-0.3, -0.25) is 9.80 Å². The number of hydrogen-bond donors (Lipinski definition) is 0. The Bertz CT molecular complexity index is 153. The Hall–Kier alpha value is 0.360. The summed E-state index contributed by atoms with van der Waals surface area (Å²) >= 11 is 3.57. The lowest BCUT2D eigenvalue weighted by atomic mass is 10.4. The van der Waals surface area contributed by atoms with Crippen molar-refractivity contribution >= 4 is 15.9 Å². The second kappa shape index (κ2) is 2.17. The van der Waals surface area contributed by atoms with Crippen molar-refractivity contribution in [2.75, 3.05) is 20.6 Å². The van der Waals surface area contributed by atoms with Crippen molar-refractivity contribution in [3.05, 3.63) is 0 Å². The fourth-order valence-corrected chi connectivity index (χ4v) is 2.04. The minimum Gasteiger partial charge on any atom is -0.336 e. The molecule has 10 heavy (non-hydrogen) atoms. The van der Waals surface area contributed by atoms with Gasteiger partial charge in [-0.15, -0.1) is 0 Å². The molecule has 2 fully saturated rings. The maximum Gasteiger partial charge on any atom is 0.153 e. The van der Waals surface area contributed by atoms with E-state index < -0.39 is 0 Å². The van der Waals surface area contributed by atoms with E-state index in [9.17, 15) is 0 Å². The average molecular weight is 207 g/mol. The van der Waals surface area contributed by atoms with Crippen LogP contribution in [0.5, 0.6) is 0 Å². The van der Waals surface area contributed by atoms with Gasteiger partial charge in [0.1, 0.15) is 0 Å². The largest absolute Gasteiger partial charge is 0.336 e. The molecule has 0 aliphatic carbocycles. The maximum absolute atomic E-state index is 5.39. The first-order valence-corrected chi connectivity index (χ1v) is 4.33. The van der Waals surface area contributed by atoms with Crippen LogP contribution in [-0.4, -0.2) is 47.8 Å². The summed E-state index contributed by atoms with van der Waals surface area (Å²) < 4.78 is 5.39. The fourth-order valence-electron chi connectivity index (χ4n) is 1.35. The van der Waals surface area contributed by atoms with E-state index >= 15 is 0 Å². The number of likely N-dealkylation sites (N-methyl/N-ethyl adjacent to an activating group) is 2. The Balaban J connectivity index is 2.05. The highest BCUT2D eigenvalue weighted by molar-refractivity contribution is 9.09. The molecule has 0 saturated carbocycles. The standard InChI is InChI=1S/C6H11BrN2O/c1-8-3-4(7)9(2)6-5(8)10-6/h4-6H,3H2,1-2H3/t4-,5?,6?/m0/s1. The third-order valence-corrected chi connectivity index (χ3v) is 3.10. The monoisotopic (exact) mass is 206 g/mol. The van der Waals surface area contributed by atoms with Crippen LogP contribution in [0.4, 0.5) is 0 Å². The third-order valence-electron chi connectivity index (χ3n) is 2.16. The average Bonchev–Trinajstić information content (AvgIpc) is 2.61. The van der Waals surface area contributed by atoms with E-state index in [4.69, 9.17) is 4.74 Å². The van der Waals surface area contributed by atoms with Crippen LogP contribution >= 0.6 is 15.9 Å². The normalized spacial score (nSPS) is 48.9. The molecule has 2 aliphatic rings. The number of nitrogens with zero attached hydrogens (tertiary/aromatic N) is 2. The molecular weight excluding hydrogens is 196 g/mol. The predicted molar refractivity (Wildman–Crippen MR) is 41.8 cm³/mol. The predicted octanol–water partition coefficient (Wildman–Crippen LogP) is 0.267. The second-order valence-corrected chi connectivity index (χ2v) is 4.01. The molecule has 0 aromatic carbocycles. The topological polar surface area (TPSA) is 19.0 Å². The molecule has 0 bridgehead atoms. The summed E-state index contributed by atoms with van der Waals surface area (Å²) in [5.74, 6) is 0.